The van der Waals surface area contributed by atoms with Gasteiger partial charge in [-0.05, 0) is 38.1 Å². The Kier molecular flexibility index (Phi) is 9.26. The highest BCUT2D eigenvalue weighted by Gasteiger charge is 2.30. The summed E-state index contributed by atoms with van der Waals surface area (Å²) in [6.07, 6.45) is -0.358. The summed E-state index contributed by atoms with van der Waals surface area (Å²) in [7, 11) is 0. The normalized spacial score (nSPS) is 17.9. The summed E-state index contributed by atoms with van der Waals surface area (Å²) in [5.74, 6) is 0.187. The van der Waals surface area contributed by atoms with Gasteiger partial charge in [0.15, 0.2) is 5.16 Å². The molecule has 2 aromatic rings. The second-order valence-electron chi connectivity index (χ2n) is 8.99. The molecule has 0 N–H and O–H groups in total. The second-order valence-corrected chi connectivity index (χ2v) is 10.3. The minimum absolute atomic E-state index is 0.0647. The number of benzene rings is 1. The first-order valence-electron chi connectivity index (χ1n) is 12.4. The van der Waals surface area contributed by atoms with Crippen LogP contribution in [0.4, 0.5) is 15.0 Å². The molecule has 3 heterocycles. The van der Waals surface area contributed by atoms with Crippen LogP contribution < -0.4 is 4.90 Å². The zero-order valence-electron chi connectivity index (χ0n) is 21.3. The van der Waals surface area contributed by atoms with Crippen LogP contribution in [0.5, 0.6) is 0 Å². The predicted molar refractivity (Wildman–Crippen MR) is 142 cm³/mol. The lowest BCUT2D eigenvalue weighted by Crippen LogP contribution is -2.54. The van der Waals surface area contributed by atoms with E-state index in [1.165, 1.54) is 36.0 Å². The SMILES string of the molecule is CCOC(=O)N1CCN(C(=O)CSc2nc(Cl)cc(N3CCN(C(=O)c4ccc(F)cc4)C(C)C3)n2)CC1. The number of piperazine rings is 2. The standard InChI is InChI=1S/C25H30ClFN6O4S/c1-3-37-25(36)31-10-8-30(9-11-31)22(34)16-38-24-28-20(26)14-21(29-24)32-12-13-33(17(2)15-32)23(35)18-4-6-19(27)7-5-18/h4-7,14,17H,3,8-13,15-16H2,1-2H3. The highest BCUT2D eigenvalue weighted by molar-refractivity contribution is 7.99. The number of thioether (sulfide) groups is 1. The molecule has 3 amide bonds. The van der Waals surface area contributed by atoms with Crippen molar-refractivity contribution in [3.05, 3.63) is 46.9 Å². The highest BCUT2D eigenvalue weighted by Crippen LogP contribution is 2.25. The van der Waals surface area contributed by atoms with Crippen LogP contribution in [-0.4, -0.2) is 107 Å². The number of ether oxygens (including phenoxy) is 1. The molecule has 10 nitrogen and oxygen atoms in total. The van der Waals surface area contributed by atoms with Gasteiger partial charge in [0.1, 0.15) is 16.8 Å². The van der Waals surface area contributed by atoms with Crippen molar-refractivity contribution in [3.8, 4) is 0 Å². The second kappa shape index (κ2) is 12.6. The van der Waals surface area contributed by atoms with Crippen LogP contribution >= 0.6 is 23.4 Å². The van der Waals surface area contributed by atoms with Gasteiger partial charge in [-0.2, -0.15) is 0 Å². The highest BCUT2D eigenvalue weighted by atomic mass is 35.5. The molecule has 2 aliphatic heterocycles. The van der Waals surface area contributed by atoms with Crippen molar-refractivity contribution in [2.45, 2.75) is 25.0 Å². The lowest BCUT2D eigenvalue weighted by Gasteiger charge is -2.40. The van der Waals surface area contributed by atoms with Gasteiger partial charge >= 0.3 is 6.09 Å². The molecule has 2 aliphatic rings. The van der Waals surface area contributed by atoms with Crippen LogP contribution in [0.25, 0.3) is 0 Å². The molecule has 4 rings (SSSR count). The van der Waals surface area contributed by atoms with Crippen LogP contribution in [0.1, 0.15) is 24.2 Å². The van der Waals surface area contributed by atoms with Crippen molar-refractivity contribution in [1.29, 1.82) is 0 Å². The molecule has 2 saturated heterocycles. The van der Waals surface area contributed by atoms with E-state index in [2.05, 4.69) is 9.97 Å². The number of hydrogen-bond acceptors (Lipinski definition) is 8. The molecular formula is C25H30ClFN6O4S. The van der Waals surface area contributed by atoms with E-state index in [0.717, 1.165) is 0 Å². The van der Waals surface area contributed by atoms with E-state index >= 15 is 0 Å². The third-order valence-corrected chi connectivity index (χ3v) is 7.47. The quantitative estimate of drug-likeness (QED) is 0.300. The van der Waals surface area contributed by atoms with Gasteiger partial charge in [0.25, 0.3) is 5.91 Å². The lowest BCUT2D eigenvalue weighted by atomic mass is 10.1. The van der Waals surface area contributed by atoms with Gasteiger partial charge in [0, 0.05) is 63.5 Å². The minimum atomic E-state index is -0.382. The number of nitrogens with zero attached hydrogens (tertiary/aromatic N) is 6. The Morgan fingerprint density at radius 2 is 1.74 bits per heavy atom. The van der Waals surface area contributed by atoms with Crippen molar-refractivity contribution >= 4 is 47.1 Å². The first-order chi connectivity index (χ1) is 18.2. The Hall–Kier alpha value is -3.12. The Morgan fingerprint density at radius 3 is 2.39 bits per heavy atom. The van der Waals surface area contributed by atoms with E-state index in [-0.39, 0.29) is 40.7 Å². The largest absolute Gasteiger partial charge is 0.450 e. The number of halogens is 2. The molecule has 1 aromatic carbocycles. The van der Waals surface area contributed by atoms with Gasteiger partial charge in [-0.3, -0.25) is 9.59 Å². The van der Waals surface area contributed by atoms with E-state index in [1.54, 1.807) is 27.7 Å². The van der Waals surface area contributed by atoms with Gasteiger partial charge in [0.2, 0.25) is 5.91 Å². The summed E-state index contributed by atoms with van der Waals surface area (Å²) in [4.78, 5) is 53.5. The first-order valence-corrected chi connectivity index (χ1v) is 13.8. The fraction of sp³-hybridized carbons (Fsp3) is 0.480. The van der Waals surface area contributed by atoms with Crippen LogP contribution in [0.2, 0.25) is 5.15 Å². The number of carbonyl (C=O) groups excluding carboxylic acids is 3. The van der Waals surface area contributed by atoms with Crippen LogP contribution in [0.3, 0.4) is 0 Å². The number of anilines is 1. The van der Waals surface area contributed by atoms with Gasteiger partial charge in [-0.15, -0.1) is 0 Å². The topological polar surface area (TPSA) is 99.2 Å². The van der Waals surface area contributed by atoms with E-state index in [1.807, 2.05) is 11.8 Å². The maximum absolute atomic E-state index is 13.2. The van der Waals surface area contributed by atoms with Crippen LogP contribution in [-0.2, 0) is 9.53 Å². The molecule has 1 aromatic heterocycles. The van der Waals surface area contributed by atoms with Crippen molar-refractivity contribution in [2.75, 3.05) is 63.1 Å². The Bertz CT molecular complexity index is 1170. The van der Waals surface area contributed by atoms with E-state index in [0.29, 0.717) is 69.0 Å². The summed E-state index contributed by atoms with van der Waals surface area (Å²) in [6.45, 7) is 7.32. The molecule has 0 aliphatic carbocycles. The lowest BCUT2D eigenvalue weighted by molar-refractivity contribution is -0.129. The maximum atomic E-state index is 13.2. The summed E-state index contributed by atoms with van der Waals surface area (Å²) in [6, 6.07) is 7.11. The van der Waals surface area contributed by atoms with Gasteiger partial charge in [0.05, 0.1) is 12.4 Å². The molecule has 38 heavy (non-hydrogen) atoms. The third-order valence-electron chi connectivity index (χ3n) is 6.45. The zero-order chi connectivity index (χ0) is 27.2. The van der Waals surface area contributed by atoms with Crippen molar-refractivity contribution in [2.24, 2.45) is 0 Å². The fourth-order valence-corrected chi connectivity index (χ4v) is 5.39. The number of hydrogen-bond donors (Lipinski definition) is 0. The third kappa shape index (κ3) is 6.84. The number of rotatable bonds is 6. The zero-order valence-corrected chi connectivity index (χ0v) is 22.9. The number of carbonyl (C=O) groups is 3. The first kappa shape index (κ1) is 27.9. The average molecular weight is 565 g/mol. The average Bonchev–Trinajstić information content (AvgIpc) is 2.91. The monoisotopic (exact) mass is 564 g/mol. The molecule has 0 spiro atoms. The molecular weight excluding hydrogens is 535 g/mol. The van der Waals surface area contributed by atoms with Crippen molar-refractivity contribution in [3.63, 3.8) is 0 Å². The van der Waals surface area contributed by atoms with E-state index in [9.17, 15) is 18.8 Å². The molecule has 1 atom stereocenters. The smallest absolute Gasteiger partial charge is 0.409 e. The van der Waals surface area contributed by atoms with E-state index < -0.39 is 0 Å². The summed E-state index contributed by atoms with van der Waals surface area (Å²) in [5, 5.41) is 0.661. The van der Waals surface area contributed by atoms with Crippen LogP contribution in [0.15, 0.2) is 35.5 Å². The van der Waals surface area contributed by atoms with Gasteiger partial charge in [-0.25, -0.2) is 19.2 Å². The molecule has 204 valence electrons. The van der Waals surface area contributed by atoms with Gasteiger partial charge < -0.3 is 24.3 Å². The van der Waals surface area contributed by atoms with Gasteiger partial charge in [-0.1, -0.05) is 23.4 Å². The molecule has 0 saturated carbocycles. The van der Waals surface area contributed by atoms with Crippen molar-refractivity contribution < 1.29 is 23.5 Å². The molecule has 1 unspecified atom stereocenters. The molecule has 2 fully saturated rings. The molecule has 13 heteroatoms. The summed E-state index contributed by atoms with van der Waals surface area (Å²) in [5.41, 5.74) is 0.447. The fourth-order valence-electron chi connectivity index (χ4n) is 4.41. The van der Waals surface area contributed by atoms with Crippen LogP contribution in [0, 0.1) is 5.82 Å². The molecule has 0 bridgehead atoms. The minimum Gasteiger partial charge on any atom is -0.450 e. The number of aromatic nitrogens is 2. The summed E-state index contributed by atoms with van der Waals surface area (Å²) < 4.78 is 18.3. The number of amides is 3. The van der Waals surface area contributed by atoms with E-state index in [4.69, 9.17) is 16.3 Å². The molecule has 0 radical (unpaired) electrons. The summed E-state index contributed by atoms with van der Waals surface area (Å²) >= 11 is 7.49. The maximum Gasteiger partial charge on any atom is 0.409 e. The Morgan fingerprint density at radius 1 is 1.05 bits per heavy atom. The Balaban J connectivity index is 1.31. The van der Waals surface area contributed by atoms with Crippen molar-refractivity contribution in [1.82, 2.24) is 24.7 Å². The predicted octanol–water partition coefficient (Wildman–Crippen LogP) is 3.01. The Labute approximate surface area is 230 Å².